The molecule has 0 aliphatic rings. The molecule has 102 valence electrons. The summed E-state index contributed by atoms with van der Waals surface area (Å²) in [6, 6.07) is 2.67. The third-order valence-electron chi connectivity index (χ3n) is 2.61. The van der Waals surface area contributed by atoms with Crippen LogP contribution in [-0.2, 0) is 0 Å². The predicted octanol–water partition coefficient (Wildman–Crippen LogP) is 4.49. The summed E-state index contributed by atoms with van der Waals surface area (Å²) in [7, 11) is 1.45. The van der Waals surface area contributed by atoms with Gasteiger partial charge in [0.2, 0.25) is 0 Å². The van der Waals surface area contributed by atoms with Crippen LogP contribution >= 0.6 is 11.6 Å². The molecule has 1 aromatic carbocycles. The molecule has 0 spiro atoms. The van der Waals surface area contributed by atoms with Crippen LogP contribution in [0.25, 0.3) is 0 Å². The van der Waals surface area contributed by atoms with Crippen molar-refractivity contribution in [2.75, 3.05) is 7.11 Å². The Morgan fingerprint density at radius 1 is 1.17 bits per heavy atom. The lowest BCUT2D eigenvalue weighted by atomic mass is 10.0. The molecular formula is C12H13ClF4O. The van der Waals surface area contributed by atoms with Crippen LogP contribution < -0.4 is 4.74 Å². The number of ether oxygens (including phenoxy) is 1. The molecule has 0 saturated carbocycles. The standard InChI is InChI=1S/C12H13ClF4O/c1-6-4-8(5-7(2)9(6)18-3)10(13)12(16,17)11(14)15/h4-5,10-11H,1-3H3. The van der Waals surface area contributed by atoms with E-state index in [1.165, 1.54) is 19.2 Å². The maximum atomic E-state index is 13.2. The highest BCUT2D eigenvalue weighted by molar-refractivity contribution is 6.21. The van der Waals surface area contributed by atoms with Gasteiger partial charge < -0.3 is 4.74 Å². The summed E-state index contributed by atoms with van der Waals surface area (Å²) < 4.78 is 55.9. The van der Waals surface area contributed by atoms with Gasteiger partial charge in [-0.2, -0.15) is 8.78 Å². The highest BCUT2D eigenvalue weighted by Crippen LogP contribution is 2.42. The van der Waals surface area contributed by atoms with Crippen LogP contribution in [0, 0.1) is 13.8 Å². The topological polar surface area (TPSA) is 9.23 Å². The molecule has 0 amide bonds. The Morgan fingerprint density at radius 3 is 1.94 bits per heavy atom. The molecule has 0 bridgehead atoms. The SMILES string of the molecule is COc1c(C)cc(C(Cl)C(F)(F)C(F)F)cc1C. The Kier molecular flexibility index (Phi) is 4.48. The Hall–Kier alpha value is -0.970. The summed E-state index contributed by atoms with van der Waals surface area (Å²) in [5.41, 5.74) is 1.10. The van der Waals surface area contributed by atoms with E-state index in [1.54, 1.807) is 13.8 Å². The second-order valence-corrected chi connectivity index (χ2v) is 4.46. The van der Waals surface area contributed by atoms with Crippen molar-refractivity contribution in [1.82, 2.24) is 0 Å². The van der Waals surface area contributed by atoms with Gasteiger partial charge in [-0.25, -0.2) is 8.78 Å². The molecule has 0 heterocycles. The normalized spacial score (nSPS) is 13.8. The van der Waals surface area contributed by atoms with Gasteiger partial charge in [0.15, 0.2) is 0 Å². The van der Waals surface area contributed by atoms with Gasteiger partial charge in [0.1, 0.15) is 11.1 Å². The zero-order valence-corrected chi connectivity index (χ0v) is 10.9. The van der Waals surface area contributed by atoms with Crippen LogP contribution in [0.15, 0.2) is 12.1 Å². The van der Waals surface area contributed by atoms with E-state index < -0.39 is 17.7 Å². The molecular weight excluding hydrogens is 272 g/mol. The molecule has 1 nitrogen and oxygen atoms in total. The van der Waals surface area contributed by atoms with Crippen molar-refractivity contribution >= 4 is 11.6 Å². The van der Waals surface area contributed by atoms with E-state index in [-0.39, 0.29) is 5.56 Å². The van der Waals surface area contributed by atoms with Gasteiger partial charge >= 0.3 is 12.3 Å². The van der Waals surface area contributed by atoms with Crippen molar-refractivity contribution in [2.24, 2.45) is 0 Å². The molecule has 1 unspecified atom stereocenters. The molecule has 0 aliphatic heterocycles. The van der Waals surface area contributed by atoms with Gasteiger partial charge in [0.25, 0.3) is 0 Å². The third-order valence-corrected chi connectivity index (χ3v) is 3.15. The maximum Gasteiger partial charge on any atom is 0.327 e. The molecule has 0 radical (unpaired) electrons. The highest BCUT2D eigenvalue weighted by atomic mass is 35.5. The average molecular weight is 285 g/mol. The Bertz CT molecular complexity index is 411. The van der Waals surface area contributed by atoms with E-state index in [0.29, 0.717) is 16.9 Å². The molecule has 0 saturated heterocycles. The summed E-state index contributed by atoms with van der Waals surface area (Å²) in [6.07, 6.45) is -3.80. The second kappa shape index (κ2) is 5.34. The number of aryl methyl sites for hydroxylation is 2. The van der Waals surface area contributed by atoms with Gasteiger partial charge in [0.05, 0.1) is 7.11 Å². The van der Waals surface area contributed by atoms with E-state index in [1.807, 2.05) is 0 Å². The van der Waals surface area contributed by atoms with E-state index in [9.17, 15) is 17.6 Å². The number of halogens is 5. The van der Waals surface area contributed by atoms with Crippen LogP contribution in [0.3, 0.4) is 0 Å². The first-order valence-corrected chi connectivity index (χ1v) is 5.60. The van der Waals surface area contributed by atoms with Crippen molar-refractivity contribution in [1.29, 1.82) is 0 Å². The molecule has 1 aromatic rings. The summed E-state index contributed by atoms with van der Waals surface area (Å²) in [6.45, 7) is 3.28. The lowest BCUT2D eigenvalue weighted by molar-refractivity contribution is -0.130. The fourth-order valence-corrected chi connectivity index (χ4v) is 2.01. The number of benzene rings is 1. The minimum atomic E-state index is -4.27. The fraction of sp³-hybridized carbons (Fsp3) is 0.500. The molecule has 0 N–H and O–H groups in total. The molecule has 18 heavy (non-hydrogen) atoms. The van der Waals surface area contributed by atoms with Gasteiger partial charge in [-0.05, 0) is 30.5 Å². The number of rotatable bonds is 4. The lowest BCUT2D eigenvalue weighted by Gasteiger charge is -2.22. The smallest absolute Gasteiger partial charge is 0.327 e. The summed E-state index contributed by atoms with van der Waals surface area (Å²) in [5, 5.41) is -2.07. The fourth-order valence-electron chi connectivity index (χ4n) is 1.78. The Labute approximate surface area is 108 Å². The molecule has 1 rings (SSSR count). The lowest BCUT2D eigenvalue weighted by Crippen LogP contribution is -2.31. The van der Waals surface area contributed by atoms with Gasteiger partial charge in [-0.15, -0.1) is 11.6 Å². The third kappa shape index (κ3) is 2.71. The molecule has 0 aliphatic carbocycles. The van der Waals surface area contributed by atoms with Gasteiger partial charge in [-0.1, -0.05) is 12.1 Å². The highest BCUT2D eigenvalue weighted by Gasteiger charge is 2.48. The Morgan fingerprint density at radius 2 is 1.61 bits per heavy atom. The number of alkyl halides is 5. The monoisotopic (exact) mass is 284 g/mol. The molecule has 1 atom stereocenters. The van der Waals surface area contributed by atoms with E-state index in [4.69, 9.17) is 16.3 Å². The summed E-state index contributed by atoms with van der Waals surface area (Å²) in [5.74, 6) is -3.74. The van der Waals surface area contributed by atoms with Crippen molar-refractivity contribution in [3.63, 3.8) is 0 Å². The number of hydrogen-bond donors (Lipinski definition) is 0. The molecule has 0 fully saturated rings. The van der Waals surface area contributed by atoms with Gasteiger partial charge in [-0.3, -0.25) is 0 Å². The van der Waals surface area contributed by atoms with Crippen LogP contribution in [0.2, 0.25) is 0 Å². The van der Waals surface area contributed by atoms with Crippen molar-refractivity contribution < 1.29 is 22.3 Å². The summed E-state index contributed by atoms with van der Waals surface area (Å²) in [4.78, 5) is 0. The molecule has 0 aromatic heterocycles. The van der Waals surface area contributed by atoms with Crippen molar-refractivity contribution in [3.05, 3.63) is 28.8 Å². The number of hydrogen-bond acceptors (Lipinski definition) is 1. The van der Waals surface area contributed by atoms with Crippen LogP contribution in [-0.4, -0.2) is 19.5 Å². The predicted molar refractivity (Wildman–Crippen MR) is 62.0 cm³/mol. The zero-order chi connectivity index (χ0) is 14.1. The van der Waals surface area contributed by atoms with E-state index in [0.717, 1.165) is 0 Å². The Balaban J connectivity index is 3.19. The van der Waals surface area contributed by atoms with Crippen LogP contribution in [0.5, 0.6) is 5.75 Å². The zero-order valence-electron chi connectivity index (χ0n) is 10.1. The molecule has 6 heteroatoms. The first-order valence-electron chi connectivity index (χ1n) is 5.17. The maximum absolute atomic E-state index is 13.2. The minimum absolute atomic E-state index is 0.0437. The quantitative estimate of drug-likeness (QED) is 0.584. The largest absolute Gasteiger partial charge is 0.496 e. The van der Waals surface area contributed by atoms with Crippen LogP contribution in [0.4, 0.5) is 17.6 Å². The average Bonchev–Trinajstić information content (AvgIpc) is 2.27. The van der Waals surface area contributed by atoms with Crippen molar-refractivity contribution in [3.8, 4) is 5.75 Å². The first kappa shape index (κ1) is 15.1. The second-order valence-electron chi connectivity index (χ2n) is 4.03. The van der Waals surface area contributed by atoms with E-state index in [2.05, 4.69) is 0 Å². The summed E-state index contributed by atoms with van der Waals surface area (Å²) >= 11 is 5.46. The minimum Gasteiger partial charge on any atom is -0.496 e. The van der Waals surface area contributed by atoms with Crippen LogP contribution in [0.1, 0.15) is 22.1 Å². The van der Waals surface area contributed by atoms with E-state index >= 15 is 0 Å². The number of methoxy groups -OCH3 is 1. The van der Waals surface area contributed by atoms with Crippen molar-refractivity contribution in [2.45, 2.75) is 31.6 Å². The first-order chi connectivity index (χ1) is 8.21. The van der Waals surface area contributed by atoms with Gasteiger partial charge in [0, 0.05) is 0 Å².